The number of carbonyl (C=O) groups excluding carboxylic acids is 2. The minimum absolute atomic E-state index is 0.131. The first-order valence-electron chi connectivity index (χ1n) is 28.6. The molecule has 0 aromatic heterocycles. The number of aliphatic carboxylic acids is 1. The molecule has 4 saturated carbocycles. The lowest BCUT2D eigenvalue weighted by molar-refractivity contribution is -0.361. The Kier molecular flexibility index (Phi) is 17.3. The summed E-state index contributed by atoms with van der Waals surface area (Å²) in [5.74, 6) is -2.76. The monoisotopic (exact) mass is 1140 g/mol. The normalized spacial score (nSPS) is 51.7. The number of hydrogen-bond acceptors (Lipinski definition) is 23. The van der Waals surface area contributed by atoms with Crippen molar-refractivity contribution >= 4 is 17.9 Å². The largest absolute Gasteiger partial charge is 0.479 e. The molecule has 0 radical (unpaired) electrons. The van der Waals surface area contributed by atoms with E-state index in [9.17, 15) is 70.9 Å². The van der Waals surface area contributed by atoms with Crippen LogP contribution in [0.1, 0.15) is 127 Å². The first-order chi connectivity index (χ1) is 37.2. The maximum absolute atomic E-state index is 15.2. The summed E-state index contributed by atoms with van der Waals surface area (Å²) in [6.45, 7) is 17.1. The molecule has 0 amide bonds. The quantitative estimate of drug-likeness (QED) is 0.0675. The Morgan fingerprint density at radius 1 is 0.600 bits per heavy atom. The second-order valence-electron chi connectivity index (χ2n) is 27.0. The number of carbonyl (C=O) groups is 3. The third-order valence-electron chi connectivity index (χ3n) is 21.6. The van der Waals surface area contributed by atoms with Crippen molar-refractivity contribution in [2.75, 3.05) is 13.2 Å². The van der Waals surface area contributed by atoms with Crippen molar-refractivity contribution in [2.24, 2.45) is 50.2 Å². The van der Waals surface area contributed by atoms with E-state index < -0.39 is 171 Å². The van der Waals surface area contributed by atoms with E-state index in [1.54, 1.807) is 0 Å². The first-order valence-corrected chi connectivity index (χ1v) is 28.6. The third-order valence-corrected chi connectivity index (χ3v) is 21.6. The average Bonchev–Trinajstić information content (AvgIpc) is 2.09. The van der Waals surface area contributed by atoms with Gasteiger partial charge in [-0.3, -0.25) is 9.59 Å². The van der Waals surface area contributed by atoms with Crippen LogP contribution in [-0.2, 0) is 57.0 Å². The minimum Gasteiger partial charge on any atom is -0.479 e. The molecule has 24 heteroatoms. The highest BCUT2D eigenvalue weighted by molar-refractivity contribution is 5.79. The number of esters is 2. The zero-order valence-electron chi connectivity index (χ0n) is 47.2. The van der Waals surface area contributed by atoms with Gasteiger partial charge < -0.3 is 104 Å². The fraction of sp³-hybridized carbons (Fsp3) is 0.911. The highest BCUT2D eigenvalue weighted by Gasteiger charge is 2.70. The Balaban J connectivity index is 0.899. The van der Waals surface area contributed by atoms with Crippen LogP contribution in [0.2, 0.25) is 0 Å². The van der Waals surface area contributed by atoms with Crippen molar-refractivity contribution in [3.8, 4) is 0 Å². The number of carboxylic acid groups (broad SMARTS) is 1. The summed E-state index contributed by atoms with van der Waals surface area (Å²) in [6.07, 6.45) is -24.9. The predicted molar refractivity (Wildman–Crippen MR) is 271 cm³/mol. The number of ether oxygens (including phenoxy) is 9. The Morgan fingerprint density at radius 2 is 1.20 bits per heavy atom. The van der Waals surface area contributed by atoms with Crippen LogP contribution < -0.4 is 0 Å². The number of hydrogen-bond donors (Lipinski definition) is 12. The number of fused-ring (bicyclic) bond motifs is 7. The number of rotatable bonds is 12. The summed E-state index contributed by atoms with van der Waals surface area (Å²) >= 11 is 0. The van der Waals surface area contributed by atoms with Crippen LogP contribution in [0.3, 0.4) is 0 Å². The second kappa shape index (κ2) is 22.4. The fourth-order valence-electron chi connectivity index (χ4n) is 16.5. The van der Waals surface area contributed by atoms with E-state index in [-0.39, 0.29) is 39.4 Å². The third kappa shape index (κ3) is 10.4. The molecule has 456 valence electrons. The van der Waals surface area contributed by atoms with Crippen molar-refractivity contribution in [3.05, 3.63) is 11.6 Å². The standard InChI is InChI=1S/C56H88O24/c1-23-32(58)34(60)39(65)47(74-23)78-43-28(22-72-24(2)57)76-46(42(68)38(43)64)73-21-27-33(59)35(61)40(66)48(75-27)80-50(71)56-18-16-51(3,4)20-26(56)25-10-11-30-53(7)14-13-31(77-49-41(67)36(62)37(63)44(79-49)45(69)70)52(5,6)29(53)12-15-55(30,9)54(25,8)17-19-56/h10,23,26-44,46-49,58-68H,11-22H2,1-9H3,(H,69,70)/t23-,26?,27+,28+,29?,30?,31-,32-,33+,34+,35-,36-,37-,38+,39+,40+,41+,42+,43+,44-,46+,47-,48-,49+,53-,54+,55+,56-/m0/s1. The molecule has 0 aromatic rings. The molecule has 0 spiro atoms. The van der Waals surface area contributed by atoms with Gasteiger partial charge in [-0.2, -0.15) is 0 Å². The van der Waals surface area contributed by atoms with Crippen LogP contribution in [0.4, 0.5) is 0 Å². The highest BCUT2D eigenvalue weighted by Crippen LogP contribution is 2.76. The SMILES string of the molecule is CC(=O)OC[C@H]1O[C@@H](OC[C@H]2O[C@@H](OC(=O)[C@]34CCC(C)(C)CC3C3=CCC5[C@@]6(C)CC[C@H](O[C@@H]7O[C@H](C(=O)O)[C@@H](O)[C@H](O)[C@H]7O)C(C)(C)C6CC[C@@]5(C)[C@]3(C)CC4)[C@H](O)[C@@H](O)[C@@H]2O)[C@H](O)[C@@H](O)[C@@H]1O[C@@H]1O[C@@H](C)[C@H](O)[C@@H](O)[C@H]1O. The lowest BCUT2D eigenvalue weighted by Gasteiger charge is -2.71. The van der Waals surface area contributed by atoms with E-state index in [4.69, 9.17) is 42.6 Å². The van der Waals surface area contributed by atoms with Crippen molar-refractivity contribution in [1.29, 1.82) is 0 Å². The Bertz CT molecular complexity index is 2300. The number of aliphatic hydroxyl groups is 11. The molecule has 9 aliphatic rings. The van der Waals surface area contributed by atoms with E-state index in [1.807, 2.05) is 0 Å². The van der Waals surface area contributed by atoms with Gasteiger partial charge in [0.2, 0.25) is 6.29 Å². The number of allylic oxidation sites excluding steroid dienone is 2. The van der Waals surface area contributed by atoms with Crippen LogP contribution in [0.15, 0.2) is 11.6 Å². The molecule has 80 heavy (non-hydrogen) atoms. The first kappa shape index (κ1) is 62.0. The van der Waals surface area contributed by atoms with Crippen LogP contribution >= 0.6 is 0 Å². The summed E-state index contributed by atoms with van der Waals surface area (Å²) in [5, 5.41) is 129. The Labute approximate surface area is 465 Å². The van der Waals surface area contributed by atoms with Gasteiger partial charge in [-0.05, 0) is 116 Å². The number of carboxylic acids is 1. The molecule has 12 N–H and O–H groups in total. The van der Waals surface area contributed by atoms with E-state index >= 15 is 4.79 Å². The molecule has 9 rings (SSSR count). The Morgan fingerprint density at radius 3 is 1.86 bits per heavy atom. The van der Waals surface area contributed by atoms with Gasteiger partial charge in [0, 0.05) is 6.92 Å². The fourth-order valence-corrected chi connectivity index (χ4v) is 16.5. The molecule has 0 aromatic carbocycles. The summed E-state index contributed by atoms with van der Waals surface area (Å²) in [5.41, 5.74) is -1.26. The van der Waals surface area contributed by atoms with Crippen molar-refractivity contribution in [1.82, 2.24) is 0 Å². The minimum atomic E-state index is -1.91. The maximum Gasteiger partial charge on any atom is 0.335 e. The summed E-state index contributed by atoms with van der Waals surface area (Å²) in [7, 11) is 0. The molecule has 4 heterocycles. The molecule has 0 bridgehead atoms. The average molecular weight is 1150 g/mol. The molecule has 24 nitrogen and oxygen atoms in total. The van der Waals surface area contributed by atoms with Gasteiger partial charge in [-0.15, -0.1) is 0 Å². The molecular formula is C56H88O24. The molecule has 8 fully saturated rings. The molecular weight excluding hydrogens is 1060 g/mol. The van der Waals surface area contributed by atoms with E-state index in [2.05, 4.69) is 54.5 Å². The van der Waals surface area contributed by atoms with Crippen LogP contribution in [0.25, 0.3) is 0 Å². The highest BCUT2D eigenvalue weighted by atomic mass is 16.8. The zero-order chi connectivity index (χ0) is 58.7. The van der Waals surface area contributed by atoms with Crippen molar-refractivity contribution < 1.29 is 118 Å². The summed E-state index contributed by atoms with van der Waals surface area (Å²) < 4.78 is 52.5. The van der Waals surface area contributed by atoms with E-state index in [0.717, 1.165) is 32.6 Å². The van der Waals surface area contributed by atoms with Gasteiger partial charge in [-0.25, -0.2) is 4.79 Å². The predicted octanol–water partition coefficient (Wildman–Crippen LogP) is -0.345. The van der Waals surface area contributed by atoms with Gasteiger partial charge in [0.1, 0.15) is 92.1 Å². The van der Waals surface area contributed by atoms with Crippen molar-refractivity contribution in [3.63, 3.8) is 0 Å². The molecule has 5 aliphatic carbocycles. The molecule has 4 saturated heterocycles. The van der Waals surface area contributed by atoms with Gasteiger partial charge in [0.05, 0.1) is 24.2 Å². The molecule has 28 atom stereocenters. The van der Waals surface area contributed by atoms with Gasteiger partial charge in [0.15, 0.2) is 25.0 Å². The molecule has 4 aliphatic heterocycles. The summed E-state index contributed by atoms with van der Waals surface area (Å²) in [4.78, 5) is 39.0. The van der Waals surface area contributed by atoms with E-state index in [1.165, 1.54) is 12.5 Å². The zero-order valence-corrected chi connectivity index (χ0v) is 47.2. The topological polar surface area (TPSA) is 377 Å². The van der Waals surface area contributed by atoms with Crippen LogP contribution in [-0.4, -0.2) is 221 Å². The van der Waals surface area contributed by atoms with E-state index in [0.29, 0.717) is 38.5 Å². The summed E-state index contributed by atoms with van der Waals surface area (Å²) in [6, 6.07) is 0. The molecule has 3 unspecified atom stereocenters. The second-order valence-corrected chi connectivity index (χ2v) is 27.0. The van der Waals surface area contributed by atoms with Crippen LogP contribution in [0, 0.1) is 50.2 Å². The Hall–Kier alpha value is -2.57. The lowest BCUT2D eigenvalue weighted by atomic mass is 9.33. The van der Waals surface area contributed by atoms with Crippen molar-refractivity contribution in [2.45, 2.75) is 255 Å². The lowest BCUT2D eigenvalue weighted by Crippen LogP contribution is -2.66. The van der Waals surface area contributed by atoms with Gasteiger partial charge >= 0.3 is 17.9 Å². The number of aliphatic hydroxyl groups excluding tert-OH is 11. The van der Waals surface area contributed by atoms with Crippen LogP contribution in [0.5, 0.6) is 0 Å². The van der Waals surface area contributed by atoms with Gasteiger partial charge in [0.25, 0.3) is 0 Å². The smallest absolute Gasteiger partial charge is 0.335 e. The van der Waals surface area contributed by atoms with Gasteiger partial charge in [-0.1, -0.05) is 60.1 Å². The maximum atomic E-state index is 15.2.